The minimum Gasteiger partial charge on any atom is -0.339 e. The largest absolute Gasteiger partial charge is 0.339 e. The van der Waals surface area contributed by atoms with Crippen molar-refractivity contribution in [2.24, 2.45) is 5.92 Å². The van der Waals surface area contributed by atoms with Crippen molar-refractivity contribution in [1.29, 1.82) is 0 Å². The molecule has 2 aliphatic heterocycles. The molecule has 1 amide bonds. The number of amides is 1. The number of nitrogens with zero attached hydrogens (tertiary/aromatic N) is 2. The second-order valence-electron chi connectivity index (χ2n) is 7.18. The van der Waals surface area contributed by atoms with E-state index >= 15 is 0 Å². The molecule has 1 aromatic carbocycles. The van der Waals surface area contributed by atoms with Gasteiger partial charge in [0.25, 0.3) is 0 Å². The summed E-state index contributed by atoms with van der Waals surface area (Å²) in [7, 11) is 0. The molecule has 2 saturated heterocycles. The summed E-state index contributed by atoms with van der Waals surface area (Å²) < 4.78 is 1.39. The first-order chi connectivity index (χ1) is 11.7. The monoisotopic (exact) mass is 342 g/mol. The maximum atomic E-state index is 12.2. The van der Waals surface area contributed by atoms with Crippen molar-refractivity contribution >= 4 is 27.3 Å². The number of fused-ring (bicyclic) bond motifs is 2. The van der Waals surface area contributed by atoms with Crippen LogP contribution in [0.1, 0.15) is 37.5 Å². The molecule has 0 unspecified atom stereocenters. The highest BCUT2D eigenvalue weighted by molar-refractivity contribution is 7.19. The van der Waals surface area contributed by atoms with E-state index in [1.54, 1.807) is 0 Å². The van der Waals surface area contributed by atoms with Crippen LogP contribution in [0, 0.1) is 5.92 Å². The number of hydrogen-bond acceptors (Lipinski definition) is 3. The molecule has 3 heterocycles. The van der Waals surface area contributed by atoms with Gasteiger partial charge in [0.1, 0.15) is 0 Å². The Kier molecular flexibility index (Phi) is 4.59. The normalized spacial score (nSPS) is 25.0. The molecule has 1 aromatic heterocycles. The molecule has 0 bridgehead atoms. The highest BCUT2D eigenvalue weighted by Crippen LogP contribution is 2.33. The zero-order valence-corrected chi connectivity index (χ0v) is 15.2. The van der Waals surface area contributed by atoms with E-state index in [-0.39, 0.29) is 0 Å². The lowest BCUT2D eigenvalue weighted by atomic mass is 9.83. The van der Waals surface area contributed by atoms with Gasteiger partial charge in [0, 0.05) is 48.2 Å². The second-order valence-corrected chi connectivity index (χ2v) is 8.35. The fourth-order valence-electron chi connectivity index (χ4n) is 4.47. The van der Waals surface area contributed by atoms with Crippen LogP contribution in [-0.4, -0.2) is 41.4 Å². The van der Waals surface area contributed by atoms with Crippen molar-refractivity contribution in [3.63, 3.8) is 0 Å². The Morgan fingerprint density at radius 3 is 2.96 bits per heavy atom. The van der Waals surface area contributed by atoms with Crippen LogP contribution in [0.25, 0.3) is 10.1 Å². The number of carbonyl (C=O) groups is 1. The van der Waals surface area contributed by atoms with Crippen molar-refractivity contribution in [2.75, 3.05) is 19.6 Å². The molecule has 4 rings (SSSR count). The Morgan fingerprint density at radius 1 is 1.25 bits per heavy atom. The predicted molar refractivity (Wildman–Crippen MR) is 100 cm³/mol. The molecule has 0 spiro atoms. The van der Waals surface area contributed by atoms with Crippen LogP contribution >= 0.6 is 11.3 Å². The van der Waals surface area contributed by atoms with Crippen LogP contribution in [0.15, 0.2) is 30.3 Å². The molecule has 0 radical (unpaired) electrons. The molecular weight excluding hydrogens is 316 g/mol. The van der Waals surface area contributed by atoms with Crippen molar-refractivity contribution in [1.82, 2.24) is 9.80 Å². The molecule has 0 saturated carbocycles. The van der Waals surface area contributed by atoms with Crippen molar-refractivity contribution in [2.45, 2.75) is 45.2 Å². The van der Waals surface area contributed by atoms with Gasteiger partial charge >= 0.3 is 0 Å². The average molecular weight is 343 g/mol. The summed E-state index contributed by atoms with van der Waals surface area (Å²) in [5.74, 6) is 1.01. The lowest BCUT2D eigenvalue weighted by molar-refractivity contribution is -0.138. The van der Waals surface area contributed by atoms with E-state index in [4.69, 9.17) is 0 Å². The number of likely N-dealkylation sites (tertiary alicyclic amines) is 2. The third-order valence-corrected chi connectivity index (χ3v) is 6.73. The van der Waals surface area contributed by atoms with E-state index in [1.165, 1.54) is 27.8 Å². The van der Waals surface area contributed by atoms with E-state index in [2.05, 4.69) is 40.1 Å². The van der Waals surface area contributed by atoms with E-state index in [0.29, 0.717) is 24.3 Å². The predicted octanol–water partition coefficient (Wildman–Crippen LogP) is 4.12. The first-order valence-corrected chi connectivity index (χ1v) is 10.1. The third kappa shape index (κ3) is 3.09. The Hall–Kier alpha value is -1.39. The number of thiophene rings is 1. The maximum Gasteiger partial charge on any atom is 0.222 e. The second kappa shape index (κ2) is 6.85. The molecule has 4 heteroatoms. The fraction of sp³-hybridized carbons (Fsp3) is 0.550. The van der Waals surface area contributed by atoms with Crippen molar-refractivity contribution < 1.29 is 4.79 Å². The average Bonchev–Trinajstić information content (AvgIpc) is 3.02. The van der Waals surface area contributed by atoms with Gasteiger partial charge in [-0.15, -0.1) is 11.3 Å². The summed E-state index contributed by atoms with van der Waals surface area (Å²) >= 11 is 1.92. The minimum absolute atomic E-state index is 0.350. The number of benzene rings is 1. The first kappa shape index (κ1) is 16.1. The Labute approximate surface area is 148 Å². The fourth-order valence-corrected chi connectivity index (χ4v) is 5.58. The summed E-state index contributed by atoms with van der Waals surface area (Å²) in [6, 6.07) is 11.5. The third-order valence-electron chi connectivity index (χ3n) is 5.63. The number of carbonyl (C=O) groups excluding carboxylic acids is 1. The van der Waals surface area contributed by atoms with E-state index in [9.17, 15) is 4.79 Å². The molecule has 2 fully saturated rings. The Morgan fingerprint density at radius 2 is 2.12 bits per heavy atom. The highest BCUT2D eigenvalue weighted by Gasteiger charge is 2.37. The van der Waals surface area contributed by atoms with E-state index < -0.39 is 0 Å². The summed E-state index contributed by atoms with van der Waals surface area (Å²) in [5, 5.41) is 1.37. The summed E-state index contributed by atoms with van der Waals surface area (Å²) in [6.07, 6.45) is 4.24. The van der Waals surface area contributed by atoms with Gasteiger partial charge in [0.15, 0.2) is 0 Å². The lowest BCUT2D eigenvalue weighted by Gasteiger charge is -2.47. The van der Waals surface area contributed by atoms with Crippen LogP contribution in [-0.2, 0) is 11.3 Å². The summed E-state index contributed by atoms with van der Waals surface area (Å²) in [6.45, 7) is 6.28. The first-order valence-electron chi connectivity index (χ1n) is 9.24. The lowest BCUT2D eigenvalue weighted by Crippen LogP contribution is -2.55. The summed E-state index contributed by atoms with van der Waals surface area (Å²) in [4.78, 5) is 18.5. The summed E-state index contributed by atoms with van der Waals surface area (Å²) in [5.41, 5.74) is 0. The Bertz CT molecular complexity index is 692. The number of hydrogen-bond donors (Lipinski definition) is 0. The van der Waals surface area contributed by atoms with Gasteiger partial charge in [-0.3, -0.25) is 9.69 Å². The van der Waals surface area contributed by atoms with Crippen LogP contribution in [0.4, 0.5) is 0 Å². The highest BCUT2D eigenvalue weighted by atomic mass is 32.1. The molecule has 0 N–H and O–H groups in total. The standard InChI is InChI=1S/C20H26N2OS/c1-2-20(23)22-10-5-7-16-13-21(11-9-18(16)22)14-17-12-15-6-3-4-8-19(15)24-17/h3-4,6,8,12,16,18H,2,5,7,9-11,13-14H2,1H3/t16-,18+/m1/s1. The molecule has 2 atom stereocenters. The smallest absolute Gasteiger partial charge is 0.222 e. The minimum atomic E-state index is 0.350. The van der Waals surface area contributed by atoms with E-state index in [1.807, 2.05) is 18.3 Å². The van der Waals surface area contributed by atoms with E-state index in [0.717, 1.165) is 32.6 Å². The van der Waals surface area contributed by atoms with Gasteiger partial charge < -0.3 is 4.90 Å². The molecular formula is C20H26N2OS. The van der Waals surface area contributed by atoms with Gasteiger partial charge in [0.05, 0.1) is 0 Å². The van der Waals surface area contributed by atoms with Crippen LogP contribution in [0.2, 0.25) is 0 Å². The van der Waals surface area contributed by atoms with Gasteiger partial charge in [-0.2, -0.15) is 0 Å². The number of rotatable bonds is 3. The van der Waals surface area contributed by atoms with Gasteiger partial charge in [-0.05, 0) is 42.7 Å². The molecule has 2 aliphatic rings. The van der Waals surface area contributed by atoms with Gasteiger partial charge in [-0.25, -0.2) is 0 Å². The van der Waals surface area contributed by atoms with Crippen molar-refractivity contribution in [3.05, 3.63) is 35.2 Å². The SMILES string of the molecule is CCC(=O)N1CCC[C@@H]2CN(Cc3cc4ccccc4s3)CC[C@@H]21. The molecule has 24 heavy (non-hydrogen) atoms. The molecule has 128 valence electrons. The van der Waals surface area contributed by atoms with Crippen molar-refractivity contribution in [3.8, 4) is 0 Å². The quantitative estimate of drug-likeness (QED) is 0.837. The van der Waals surface area contributed by atoms with Gasteiger partial charge in [0.2, 0.25) is 5.91 Å². The molecule has 0 aliphatic carbocycles. The van der Waals surface area contributed by atoms with Crippen LogP contribution in [0.3, 0.4) is 0 Å². The topological polar surface area (TPSA) is 23.6 Å². The van der Waals surface area contributed by atoms with Crippen LogP contribution in [0.5, 0.6) is 0 Å². The van der Waals surface area contributed by atoms with Crippen LogP contribution < -0.4 is 0 Å². The van der Waals surface area contributed by atoms with Gasteiger partial charge in [-0.1, -0.05) is 25.1 Å². The zero-order chi connectivity index (χ0) is 16.5. The Balaban J connectivity index is 1.43. The zero-order valence-electron chi connectivity index (χ0n) is 14.4. The molecule has 3 nitrogen and oxygen atoms in total. The molecule has 2 aromatic rings. The maximum absolute atomic E-state index is 12.2. The number of piperidine rings is 2.